The number of hydrogen-bond donors (Lipinski definition) is 1. The molecular formula is C17H20ClNO6. The number of ether oxygens (including phenoxy) is 3. The van der Waals surface area contributed by atoms with Crippen LogP contribution in [0, 0.1) is 11.8 Å². The second-order valence-electron chi connectivity index (χ2n) is 5.52. The third-order valence-electron chi connectivity index (χ3n) is 4.18. The molecular weight excluding hydrogens is 350 g/mol. The Labute approximate surface area is 150 Å². The van der Waals surface area contributed by atoms with Gasteiger partial charge in [-0.15, -0.1) is 0 Å². The molecule has 1 aliphatic heterocycles. The summed E-state index contributed by atoms with van der Waals surface area (Å²) in [7, 11) is 2.43. The predicted molar refractivity (Wildman–Crippen MR) is 88.8 cm³/mol. The lowest BCUT2D eigenvalue weighted by molar-refractivity contribution is -0.160. The fourth-order valence-corrected chi connectivity index (χ4v) is 3.20. The molecule has 0 bridgehead atoms. The lowest BCUT2D eigenvalue weighted by Crippen LogP contribution is -2.42. The highest BCUT2D eigenvalue weighted by Crippen LogP contribution is 2.39. The number of nitrogens with one attached hydrogen (secondary N) is 1. The summed E-state index contributed by atoms with van der Waals surface area (Å²) < 4.78 is 14.7. The maximum atomic E-state index is 12.4. The molecule has 1 fully saturated rings. The van der Waals surface area contributed by atoms with E-state index < -0.39 is 41.8 Å². The lowest BCUT2D eigenvalue weighted by Gasteiger charge is -2.21. The van der Waals surface area contributed by atoms with E-state index in [2.05, 4.69) is 5.32 Å². The minimum Gasteiger partial charge on any atom is -0.469 e. The number of carbonyl (C=O) groups is 3. The molecule has 1 saturated heterocycles. The van der Waals surface area contributed by atoms with Crippen molar-refractivity contribution in [3.05, 3.63) is 34.9 Å². The van der Waals surface area contributed by atoms with Crippen LogP contribution in [0.25, 0.3) is 0 Å². The fraction of sp³-hybridized carbons (Fsp3) is 0.471. The number of carbonyl (C=O) groups excluding carboxylic acids is 3. The van der Waals surface area contributed by atoms with Crippen LogP contribution in [-0.2, 0) is 28.6 Å². The molecule has 0 amide bonds. The minimum atomic E-state index is -1.06. The first kappa shape index (κ1) is 19.2. The highest BCUT2D eigenvalue weighted by Gasteiger charge is 2.55. The zero-order valence-corrected chi connectivity index (χ0v) is 14.9. The van der Waals surface area contributed by atoms with E-state index in [1.54, 1.807) is 31.2 Å². The van der Waals surface area contributed by atoms with Crippen molar-refractivity contribution in [1.29, 1.82) is 0 Å². The fourth-order valence-electron chi connectivity index (χ4n) is 3.07. The molecule has 136 valence electrons. The smallest absolute Gasteiger partial charge is 0.324 e. The Morgan fingerprint density at radius 2 is 1.56 bits per heavy atom. The number of hydrogen-bond acceptors (Lipinski definition) is 7. The SMILES string of the molecule is CCOC(=O)[C@@H]1N[C@H](c2ccc(Cl)cc2)[C@H](C(=O)OC)[C@@H]1C(=O)OC. The molecule has 25 heavy (non-hydrogen) atoms. The van der Waals surface area contributed by atoms with Crippen molar-refractivity contribution in [2.24, 2.45) is 11.8 Å². The van der Waals surface area contributed by atoms with Crippen molar-refractivity contribution in [3.63, 3.8) is 0 Å². The van der Waals surface area contributed by atoms with Gasteiger partial charge in [-0.05, 0) is 24.6 Å². The average Bonchev–Trinajstić information content (AvgIpc) is 3.01. The van der Waals surface area contributed by atoms with Gasteiger partial charge in [0.2, 0.25) is 0 Å². The topological polar surface area (TPSA) is 90.9 Å². The lowest BCUT2D eigenvalue weighted by atomic mass is 9.84. The Kier molecular flexibility index (Phi) is 6.39. The Hall–Kier alpha value is -2.12. The summed E-state index contributed by atoms with van der Waals surface area (Å²) in [6, 6.07) is 5.13. The van der Waals surface area contributed by atoms with Crippen molar-refractivity contribution in [3.8, 4) is 0 Å². The summed E-state index contributed by atoms with van der Waals surface area (Å²) in [5, 5.41) is 3.55. The molecule has 0 spiro atoms. The van der Waals surface area contributed by atoms with Crippen LogP contribution in [-0.4, -0.2) is 44.8 Å². The minimum absolute atomic E-state index is 0.152. The van der Waals surface area contributed by atoms with E-state index in [9.17, 15) is 14.4 Å². The van der Waals surface area contributed by atoms with Crippen LogP contribution in [0.5, 0.6) is 0 Å². The van der Waals surface area contributed by atoms with Gasteiger partial charge in [-0.3, -0.25) is 19.7 Å². The molecule has 1 aromatic rings. The van der Waals surface area contributed by atoms with E-state index in [1.807, 2.05) is 0 Å². The van der Waals surface area contributed by atoms with Gasteiger partial charge < -0.3 is 14.2 Å². The molecule has 0 radical (unpaired) electrons. The van der Waals surface area contributed by atoms with E-state index in [1.165, 1.54) is 14.2 Å². The van der Waals surface area contributed by atoms with Gasteiger partial charge >= 0.3 is 17.9 Å². The number of rotatable bonds is 5. The highest BCUT2D eigenvalue weighted by atomic mass is 35.5. The first-order valence-corrected chi connectivity index (χ1v) is 8.16. The normalized spacial score (nSPS) is 25.3. The first-order chi connectivity index (χ1) is 11.9. The van der Waals surface area contributed by atoms with Crippen molar-refractivity contribution in [1.82, 2.24) is 5.32 Å². The Balaban J connectivity index is 2.46. The Bertz CT molecular complexity index is 647. The van der Waals surface area contributed by atoms with Gasteiger partial charge in [0.15, 0.2) is 0 Å². The number of esters is 3. The molecule has 2 rings (SSSR count). The third kappa shape index (κ3) is 3.93. The number of methoxy groups -OCH3 is 2. The molecule has 0 aromatic heterocycles. The maximum absolute atomic E-state index is 12.4. The Morgan fingerprint density at radius 3 is 2.08 bits per heavy atom. The molecule has 1 N–H and O–H groups in total. The van der Waals surface area contributed by atoms with E-state index in [-0.39, 0.29) is 6.61 Å². The van der Waals surface area contributed by atoms with Crippen LogP contribution >= 0.6 is 11.6 Å². The quantitative estimate of drug-likeness (QED) is 0.621. The van der Waals surface area contributed by atoms with Crippen LogP contribution in [0.1, 0.15) is 18.5 Å². The van der Waals surface area contributed by atoms with Gasteiger partial charge in [-0.1, -0.05) is 23.7 Å². The summed E-state index contributed by atoms with van der Waals surface area (Å²) in [5.41, 5.74) is 0.695. The van der Waals surface area contributed by atoms with Crippen molar-refractivity contribution >= 4 is 29.5 Å². The molecule has 4 atom stereocenters. The van der Waals surface area contributed by atoms with Crippen LogP contribution in [0.3, 0.4) is 0 Å². The van der Waals surface area contributed by atoms with E-state index >= 15 is 0 Å². The van der Waals surface area contributed by atoms with Crippen molar-refractivity contribution in [2.45, 2.75) is 19.0 Å². The summed E-state index contributed by atoms with van der Waals surface area (Å²) in [4.78, 5) is 37.0. The van der Waals surface area contributed by atoms with Gasteiger partial charge in [0, 0.05) is 11.1 Å². The van der Waals surface area contributed by atoms with E-state index in [4.69, 9.17) is 25.8 Å². The molecule has 7 nitrogen and oxygen atoms in total. The molecule has 0 unspecified atom stereocenters. The van der Waals surface area contributed by atoms with Gasteiger partial charge in [-0.25, -0.2) is 0 Å². The molecule has 8 heteroatoms. The molecule has 0 aliphatic carbocycles. The van der Waals surface area contributed by atoms with Crippen LogP contribution in [0.15, 0.2) is 24.3 Å². The zero-order chi connectivity index (χ0) is 18.6. The zero-order valence-electron chi connectivity index (χ0n) is 14.2. The van der Waals surface area contributed by atoms with Crippen molar-refractivity contribution in [2.75, 3.05) is 20.8 Å². The Morgan fingerprint density at radius 1 is 1.00 bits per heavy atom. The largest absolute Gasteiger partial charge is 0.469 e. The van der Waals surface area contributed by atoms with E-state index in [0.717, 1.165) is 0 Å². The summed E-state index contributed by atoms with van der Waals surface area (Å²) in [6.07, 6.45) is 0. The first-order valence-electron chi connectivity index (χ1n) is 7.78. The van der Waals surface area contributed by atoms with Crippen LogP contribution < -0.4 is 5.32 Å². The van der Waals surface area contributed by atoms with Gasteiger partial charge in [0.05, 0.1) is 32.7 Å². The van der Waals surface area contributed by atoms with Gasteiger partial charge in [-0.2, -0.15) is 0 Å². The molecule has 0 saturated carbocycles. The summed E-state index contributed by atoms with van der Waals surface area (Å²) in [6.45, 7) is 1.81. The second-order valence-corrected chi connectivity index (χ2v) is 5.96. The summed E-state index contributed by atoms with van der Waals surface area (Å²) >= 11 is 5.91. The number of benzene rings is 1. The molecule has 1 aliphatic rings. The second kappa shape index (κ2) is 8.31. The molecule has 1 aromatic carbocycles. The van der Waals surface area contributed by atoms with Gasteiger partial charge in [0.25, 0.3) is 0 Å². The van der Waals surface area contributed by atoms with Crippen LogP contribution in [0.4, 0.5) is 0 Å². The predicted octanol–water partition coefficient (Wildman–Crippen LogP) is 1.49. The van der Waals surface area contributed by atoms with Crippen LogP contribution in [0.2, 0.25) is 5.02 Å². The summed E-state index contributed by atoms with van der Waals surface area (Å²) in [5.74, 6) is -3.92. The third-order valence-corrected chi connectivity index (χ3v) is 4.43. The van der Waals surface area contributed by atoms with Crippen molar-refractivity contribution < 1.29 is 28.6 Å². The van der Waals surface area contributed by atoms with E-state index in [0.29, 0.717) is 10.6 Å². The number of halogens is 1. The average molecular weight is 370 g/mol. The molecule has 1 heterocycles. The standard InChI is InChI=1S/C17H20ClNO6/c1-4-25-17(22)14-12(16(21)24-3)11(15(20)23-2)13(19-14)9-5-7-10(18)8-6-9/h5-8,11-14,19H,4H2,1-3H3/t11-,12+,13-,14-/m1/s1. The van der Waals surface area contributed by atoms with Gasteiger partial charge in [0.1, 0.15) is 6.04 Å². The maximum Gasteiger partial charge on any atom is 0.324 e. The monoisotopic (exact) mass is 369 g/mol. The highest BCUT2D eigenvalue weighted by molar-refractivity contribution is 6.30.